The first kappa shape index (κ1) is 10.7. The molecule has 5 heteroatoms. The monoisotopic (exact) mass is 171 g/mol. The molecule has 0 saturated heterocycles. The maximum atomic E-state index is 11.8. The van der Waals surface area contributed by atoms with Gasteiger partial charge in [0.2, 0.25) is 0 Å². The molecule has 0 aromatic carbocycles. The van der Waals surface area contributed by atoms with E-state index in [9.17, 15) is 13.2 Å². The molecule has 0 aromatic heterocycles. The van der Waals surface area contributed by atoms with Crippen LogP contribution in [0.2, 0.25) is 0 Å². The smallest absolute Gasteiger partial charge is 0.391 e. The van der Waals surface area contributed by atoms with Gasteiger partial charge in [-0.2, -0.15) is 13.2 Å². The van der Waals surface area contributed by atoms with Crippen molar-refractivity contribution in [2.75, 3.05) is 6.54 Å². The predicted molar refractivity (Wildman–Crippen MR) is 34.9 cm³/mol. The van der Waals surface area contributed by atoms with Crippen LogP contribution in [0, 0.1) is 5.92 Å². The molecule has 0 heterocycles. The number of halogens is 3. The maximum Gasteiger partial charge on any atom is 0.391 e. The lowest BCUT2D eigenvalue weighted by atomic mass is 10.0. The summed E-state index contributed by atoms with van der Waals surface area (Å²) in [5, 5.41) is 8.77. The molecule has 0 fully saturated rings. The van der Waals surface area contributed by atoms with E-state index in [1.165, 1.54) is 0 Å². The summed E-state index contributed by atoms with van der Waals surface area (Å²) in [5.41, 5.74) is 4.95. The lowest BCUT2D eigenvalue weighted by Crippen LogP contribution is -2.28. The van der Waals surface area contributed by atoms with Crippen molar-refractivity contribution < 1.29 is 18.3 Å². The largest absolute Gasteiger partial charge is 0.392 e. The van der Waals surface area contributed by atoms with Gasteiger partial charge in [-0.15, -0.1) is 0 Å². The maximum absolute atomic E-state index is 11.8. The fraction of sp³-hybridized carbons (Fsp3) is 1.00. The molecule has 0 radical (unpaired) electrons. The average Bonchev–Trinajstić information content (AvgIpc) is 1.85. The Morgan fingerprint density at radius 1 is 1.45 bits per heavy atom. The van der Waals surface area contributed by atoms with E-state index in [0.29, 0.717) is 0 Å². The second kappa shape index (κ2) is 3.92. The fourth-order valence-electron chi connectivity index (χ4n) is 0.638. The van der Waals surface area contributed by atoms with Gasteiger partial charge in [-0.25, -0.2) is 0 Å². The zero-order valence-electron chi connectivity index (χ0n) is 6.23. The molecule has 2 unspecified atom stereocenters. The summed E-state index contributed by atoms with van der Waals surface area (Å²) in [6, 6.07) is 0. The van der Waals surface area contributed by atoms with E-state index in [4.69, 9.17) is 10.8 Å². The van der Waals surface area contributed by atoms with E-state index in [-0.39, 0.29) is 13.0 Å². The highest BCUT2D eigenvalue weighted by Gasteiger charge is 2.36. The van der Waals surface area contributed by atoms with E-state index in [2.05, 4.69) is 0 Å². The highest BCUT2D eigenvalue weighted by atomic mass is 19.4. The van der Waals surface area contributed by atoms with Gasteiger partial charge >= 0.3 is 6.18 Å². The number of rotatable bonds is 3. The Bertz CT molecular complexity index is 115. The van der Waals surface area contributed by atoms with Crippen molar-refractivity contribution in [2.24, 2.45) is 11.7 Å². The van der Waals surface area contributed by atoms with Gasteiger partial charge in [0, 0.05) is 6.54 Å². The summed E-state index contributed by atoms with van der Waals surface area (Å²) in [6.07, 6.45) is -5.59. The molecule has 11 heavy (non-hydrogen) atoms. The van der Waals surface area contributed by atoms with Crippen LogP contribution in [0.15, 0.2) is 0 Å². The zero-order chi connectivity index (χ0) is 9.07. The Hall–Kier alpha value is -0.290. The highest BCUT2D eigenvalue weighted by Crippen LogP contribution is 2.28. The molecule has 3 N–H and O–H groups in total. The normalized spacial score (nSPS) is 18.0. The number of nitrogens with two attached hydrogens (primary N) is 1. The second-order valence-electron chi connectivity index (χ2n) is 2.57. The van der Waals surface area contributed by atoms with Gasteiger partial charge in [-0.1, -0.05) is 6.92 Å². The lowest BCUT2D eigenvalue weighted by molar-refractivity contribution is -0.176. The molecular weight excluding hydrogens is 159 g/mol. The second-order valence-corrected chi connectivity index (χ2v) is 2.57. The summed E-state index contributed by atoms with van der Waals surface area (Å²) in [4.78, 5) is 0. The molecule has 0 saturated carbocycles. The van der Waals surface area contributed by atoms with Crippen LogP contribution in [0.1, 0.15) is 13.3 Å². The van der Waals surface area contributed by atoms with Crippen molar-refractivity contribution in [1.82, 2.24) is 0 Å². The van der Waals surface area contributed by atoms with Gasteiger partial charge in [0.25, 0.3) is 0 Å². The predicted octanol–water partition coefficient (Wildman–Crippen LogP) is 0.895. The molecule has 0 rings (SSSR count). The van der Waals surface area contributed by atoms with E-state index < -0.39 is 18.2 Å². The van der Waals surface area contributed by atoms with Crippen LogP contribution in [-0.4, -0.2) is 23.9 Å². The first-order valence-electron chi connectivity index (χ1n) is 3.32. The Morgan fingerprint density at radius 3 is 2.18 bits per heavy atom. The minimum atomic E-state index is -4.23. The lowest BCUT2D eigenvalue weighted by Gasteiger charge is -2.17. The number of alkyl halides is 3. The third-order valence-corrected chi connectivity index (χ3v) is 1.46. The SMILES string of the molecule is CC(CC(O)CN)C(F)(F)F. The Balaban J connectivity index is 3.77. The van der Waals surface area contributed by atoms with Gasteiger partial charge in [0.1, 0.15) is 0 Å². The van der Waals surface area contributed by atoms with Crippen molar-refractivity contribution in [1.29, 1.82) is 0 Å². The van der Waals surface area contributed by atoms with Crippen LogP contribution < -0.4 is 5.73 Å². The average molecular weight is 171 g/mol. The number of aliphatic hydroxyl groups excluding tert-OH is 1. The summed E-state index contributed by atoms with van der Waals surface area (Å²) in [7, 11) is 0. The quantitative estimate of drug-likeness (QED) is 0.662. The van der Waals surface area contributed by atoms with Gasteiger partial charge < -0.3 is 10.8 Å². The van der Waals surface area contributed by atoms with Crippen LogP contribution in [0.3, 0.4) is 0 Å². The van der Waals surface area contributed by atoms with Gasteiger partial charge in [-0.05, 0) is 6.42 Å². The molecule has 68 valence electrons. The molecule has 2 atom stereocenters. The Morgan fingerprint density at radius 2 is 1.91 bits per heavy atom. The summed E-state index contributed by atoms with van der Waals surface area (Å²) >= 11 is 0. The van der Waals surface area contributed by atoms with Gasteiger partial charge in [0.15, 0.2) is 0 Å². The van der Waals surface area contributed by atoms with Crippen molar-refractivity contribution >= 4 is 0 Å². The Labute approximate surface area is 63.2 Å². The number of hydrogen-bond donors (Lipinski definition) is 2. The molecule has 0 aromatic rings. The van der Waals surface area contributed by atoms with Crippen molar-refractivity contribution in [3.63, 3.8) is 0 Å². The van der Waals surface area contributed by atoms with E-state index >= 15 is 0 Å². The van der Waals surface area contributed by atoms with Crippen LogP contribution in [0.4, 0.5) is 13.2 Å². The van der Waals surface area contributed by atoms with Crippen molar-refractivity contribution in [3.05, 3.63) is 0 Å². The van der Waals surface area contributed by atoms with E-state index in [0.717, 1.165) is 6.92 Å². The van der Waals surface area contributed by atoms with Gasteiger partial charge in [0.05, 0.1) is 12.0 Å². The van der Waals surface area contributed by atoms with Crippen molar-refractivity contribution in [3.8, 4) is 0 Å². The summed E-state index contributed by atoms with van der Waals surface area (Å²) < 4.78 is 35.4. The first-order chi connectivity index (χ1) is 4.88. The third kappa shape index (κ3) is 4.21. The molecule has 0 spiro atoms. The highest BCUT2D eigenvalue weighted by molar-refractivity contribution is 4.67. The van der Waals surface area contributed by atoms with Crippen molar-refractivity contribution in [2.45, 2.75) is 25.6 Å². The van der Waals surface area contributed by atoms with Crippen LogP contribution >= 0.6 is 0 Å². The van der Waals surface area contributed by atoms with E-state index in [1.54, 1.807) is 0 Å². The zero-order valence-corrected chi connectivity index (χ0v) is 6.23. The Kier molecular flexibility index (Phi) is 3.82. The topological polar surface area (TPSA) is 46.2 Å². The fourth-order valence-corrected chi connectivity index (χ4v) is 0.638. The molecular formula is C6H12F3NO. The van der Waals surface area contributed by atoms with Crippen LogP contribution in [0.25, 0.3) is 0 Å². The summed E-state index contributed by atoms with van der Waals surface area (Å²) in [5.74, 6) is -1.49. The van der Waals surface area contributed by atoms with Crippen LogP contribution in [0.5, 0.6) is 0 Å². The molecule has 0 bridgehead atoms. The van der Waals surface area contributed by atoms with Crippen LogP contribution in [-0.2, 0) is 0 Å². The first-order valence-corrected chi connectivity index (χ1v) is 3.32. The summed E-state index contributed by atoms with van der Waals surface area (Å²) in [6.45, 7) is 0.902. The standard InChI is InChI=1S/C6H12F3NO/c1-4(6(7,8)9)2-5(11)3-10/h4-5,11H,2-3,10H2,1H3. The third-order valence-electron chi connectivity index (χ3n) is 1.46. The number of hydrogen-bond acceptors (Lipinski definition) is 2. The molecule has 0 amide bonds. The van der Waals surface area contributed by atoms with Gasteiger partial charge in [-0.3, -0.25) is 0 Å². The molecule has 0 aliphatic heterocycles. The number of aliphatic hydroxyl groups is 1. The minimum absolute atomic E-state index is 0.125. The minimum Gasteiger partial charge on any atom is -0.392 e. The molecule has 2 nitrogen and oxygen atoms in total. The van der Waals surface area contributed by atoms with E-state index in [1.807, 2.05) is 0 Å². The molecule has 0 aliphatic rings. The molecule has 0 aliphatic carbocycles.